The molecule has 0 aliphatic rings. The molecule has 0 N–H and O–H groups in total. The SMILES string of the molecule is CCCOC(=O)CC(Cl)CC. The Balaban J connectivity index is 3.36. The van der Waals surface area contributed by atoms with Gasteiger partial charge in [-0.1, -0.05) is 13.8 Å². The van der Waals surface area contributed by atoms with Crippen LogP contribution in [0.15, 0.2) is 0 Å². The number of carbonyl (C=O) groups is 1. The van der Waals surface area contributed by atoms with Crippen molar-refractivity contribution in [1.82, 2.24) is 0 Å². The summed E-state index contributed by atoms with van der Waals surface area (Å²) in [7, 11) is 0. The largest absolute Gasteiger partial charge is 0.466 e. The van der Waals surface area contributed by atoms with E-state index in [2.05, 4.69) is 0 Å². The number of carbonyl (C=O) groups excluding carboxylic acids is 1. The predicted molar refractivity (Wildman–Crippen MR) is 45.8 cm³/mol. The first kappa shape index (κ1) is 10.8. The molecule has 0 rings (SSSR count). The Kier molecular flexibility index (Phi) is 6.33. The van der Waals surface area contributed by atoms with Gasteiger partial charge < -0.3 is 4.74 Å². The first-order valence-electron chi connectivity index (χ1n) is 4.00. The number of hydrogen-bond acceptors (Lipinski definition) is 2. The molecule has 0 aliphatic carbocycles. The Bertz CT molecular complexity index is 115. The molecule has 0 amide bonds. The van der Waals surface area contributed by atoms with Gasteiger partial charge >= 0.3 is 5.97 Å². The molecule has 2 nitrogen and oxygen atoms in total. The predicted octanol–water partition coefficient (Wildman–Crippen LogP) is 2.35. The maximum absolute atomic E-state index is 10.9. The van der Waals surface area contributed by atoms with Crippen molar-refractivity contribution in [2.24, 2.45) is 0 Å². The quantitative estimate of drug-likeness (QED) is 0.477. The third kappa shape index (κ3) is 6.17. The fourth-order valence-corrected chi connectivity index (χ4v) is 0.726. The number of rotatable bonds is 5. The minimum absolute atomic E-state index is 0.0700. The van der Waals surface area contributed by atoms with Crippen LogP contribution in [0.4, 0.5) is 0 Å². The van der Waals surface area contributed by atoms with Crippen LogP contribution < -0.4 is 0 Å². The van der Waals surface area contributed by atoms with E-state index in [-0.39, 0.29) is 11.3 Å². The molecule has 66 valence electrons. The lowest BCUT2D eigenvalue weighted by atomic mass is 10.2. The summed E-state index contributed by atoms with van der Waals surface area (Å²) in [4.78, 5) is 10.9. The van der Waals surface area contributed by atoms with Gasteiger partial charge in [0.05, 0.1) is 13.0 Å². The van der Waals surface area contributed by atoms with Gasteiger partial charge in [-0.3, -0.25) is 4.79 Å². The van der Waals surface area contributed by atoms with Gasteiger partial charge in [-0.15, -0.1) is 11.6 Å². The topological polar surface area (TPSA) is 26.3 Å². The molecule has 1 unspecified atom stereocenters. The highest BCUT2D eigenvalue weighted by atomic mass is 35.5. The van der Waals surface area contributed by atoms with Gasteiger partial charge in [-0.25, -0.2) is 0 Å². The number of esters is 1. The maximum atomic E-state index is 10.9. The van der Waals surface area contributed by atoms with Gasteiger partial charge in [0, 0.05) is 5.38 Å². The number of alkyl halides is 1. The molecule has 0 aromatic heterocycles. The van der Waals surface area contributed by atoms with Gasteiger partial charge in [-0.2, -0.15) is 0 Å². The van der Waals surface area contributed by atoms with Crippen LogP contribution >= 0.6 is 11.6 Å². The van der Waals surface area contributed by atoms with E-state index in [1.165, 1.54) is 0 Å². The molecule has 0 fully saturated rings. The second-order valence-electron chi connectivity index (χ2n) is 2.43. The van der Waals surface area contributed by atoms with Gasteiger partial charge in [0.1, 0.15) is 0 Å². The third-order valence-electron chi connectivity index (χ3n) is 1.30. The zero-order chi connectivity index (χ0) is 8.69. The van der Waals surface area contributed by atoms with E-state index in [9.17, 15) is 4.79 Å². The zero-order valence-electron chi connectivity index (χ0n) is 7.10. The van der Waals surface area contributed by atoms with Gasteiger partial charge in [0.2, 0.25) is 0 Å². The first-order chi connectivity index (χ1) is 5.20. The maximum Gasteiger partial charge on any atom is 0.307 e. The molecular formula is C8H15ClO2. The minimum Gasteiger partial charge on any atom is -0.466 e. The summed E-state index contributed by atoms with van der Waals surface area (Å²) in [5.74, 6) is -0.186. The number of hydrogen-bond donors (Lipinski definition) is 0. The Morgan fingerprint density at radius 3 is 2.64 bits per heavy atom. The van der Waals surface area contributed by atoms with Crippen LogP contribution in [0.5, 0.6) is 0 Å². The fourth-order valence-electron chi connectivity index (χ4n) is 0.600. The van der Waals surface area contributed by atoms with Crippen LogP contribution in [0.3, 0.4) is 0 Å². The van der Waals surface area contributed by atoms with E-state index in [0.717, 1.165) is 12.8 Å². The summed E-state index contributed by atoms with van der Waals surface area (Å²) in [6.45, 7) is 4.42. The fraction of sp³-hybridized carbons (Fsp3) is 0.875. The molecule has 1 atom stereocenters. The van der Waals surface area contributed by atoms with Crippen molar-refractivity contribution < 1.29 is 9.53 Å². The Labute approximate surface area is 72.9 Å². The molecule has 0 heterocycles. The molecule has 0 spiro atoms. The summed E-state index contributed by atoms with van der Waals surface area (Å²) in [5.41, 5.74) is 0. The second-order valence-corrected chi connectivity index (χ2v) is 3.05. The first-order valence-corrected chi connectivity index (χ1v) is 4.44. The van der Waals surface area contributed by atoms with E-state index in [0.29, 0.717) is 13.0 Å². The average molecular weight is 179 g/mol. The Hall–Kier alpha value is -0.240. The average Bonchev–Trinajstić information content (AvgIpc) is 2.00. The molecule has 0 aromatic rings. The number of halogens is 1. The van der Waals surface area contributed by atoms with Crippen LogP contribution in [-0.2, 0) is 9.53 Å². The standard InChI is InChI=1S/C8H15ClO2/c1-3-5-11-8(10)6-7(9)4-2/h7H,3-6H2,1-2H3. The van der Waals surface area contributed by atoms with Crippen LogP contribution in [-0.4, -0.2) is 18.0 Å². The van der Waals surface area contributed by atoms with E-state index in [4.69, 9.17) is 16.3 Å². The van der Waals surface area contributed by atoms with E-state index < -0.39 is 0 Å². The molecule has 0 aliphatic heterocycles. The minimum atomic E-state index is -0.186. The molecule has 0 saturated carbocycles. The lowest BCUT2D eigenvalue weighted by molar-refractivity contribution is -0.143. The van der Waals surface area contributed by atoms with Crippen molar-refractivity contribution in [3.63, 3.8) is 0 Å². The van der Waals surface area contributed by atoms with Gasteiger partial charge in [-0.05, 0) is 12.8 Å². The van der Waals surface area contributed by atoms with Crippen molar-refractivity contribution >= 4 is 17.6 Å². The summed E-state index contributed by atoms with van der Waals surface area (Å²) in [6.07, 6.45) is 2.01. The highest BCUT2D eigenvalue weighted by Gasteiger charge is 2.08. The molecule has 0 saturated heterocycles. The molecule has 11 heavy (non-hydrogen) atoms. The second kappa shape index (κ2) is 6.47. The summed E-state index contributed by atoms with van der Waals surface area (Å²) in [6, 6.07) is 0. The van der Waals surface area contributed by atoms with Crippen LogP contribution in [0.25, 0.3) is 0 Å². The summed E-state index contributed by atoms with van der Waals surface area (Å²) in [5, 5.41) is -0.0700. The smallest absolute Gasteiger partial charge is 0.307 e. The van der Waals surface area contributed by atoms with Gasteiger partial charge in [0.25, 0.3) is 0 Å². The van der Waals surface area contributed by atoms with Crippen molar-refractivity contribution in [1.29, 1.82) is 0 Å². The molecule has 0 bridgehead atoms. The molecule has 0 aromatic carbocycles. The van der Waals surface area contributed by atoms with Crippen LogP contribution in [0.2, 0.25) is 0 Å². The third-order valence-corrected chi connectivity index (χ3v) is 1.76. The van der Waals surface area contributed by atoms with Crippen molar-refractivity contribution in [3.8, 4) is 0 Å². The number of ether oxygens (including phenoxy) is 1. The van der Waals surface area contributed by atoms with E-state index >= 15 is 0 Å². The lowest BCUT2D eigenvalue weighted by Crippen LogP contribution is -2.11. The van der Waals surface area contributed by atoms with Gasteiger partial charge in [0.15, 0.2) is 0 Å². The van der Waals surface area contributed by atoms with Crippen LogP contribution in [0.1, 0.15) is 33.1 Å². The van der Waals surface area contributed by atoms with Crippen molar-refractivity contribution in [2.75, 3.05) is 6.61 Å². The lowest BCUT2D eigenvalue weighted by Gasteiger charge is -2.05. The van der Waals surface area contributed by atoms with E-state index in [1.807, 2.05) is 13.8 Å². The highest BCUT2D eigenvalue weighted by molar-refractivity contribution is 6.21. The molecule has 0 radical (unpaired) electrons. The van der Waals surface area contributed by atoms with Crippen molar-refractivity contribution in [2.45, 2.75) is 38.5 Å². The molecule has 3 heteroatoms. The summed E-state index contributed by atoms with van der Waals surface area (Å²) >= 11 is 5.74. The van der Waals surface area contributed by atoms with Crippen LogP contribution in [0, 0.1) is 0 Å². The monoisotopic (exact) mass is 178 g/mol. The Morgan fingerprint density at radius 2 is 2.18 bits per heavy atom. The normalized spacial score (nSPS) is 12.6. The summed E-state index contributed by atoms with van der Waals surface area (Å²) < 4.78 is 4.84. The van der Waals surface area contributed by atoms with E-state index in [1.54, 1.807) is 0 Å². The Morgan fingerprint density at radius 1 is 1.55 bits per heavy atom. The zero-order valence-corrected chi connectivity index (χ0v) is 7.86. The molecular weight excluding hydrogens is 164 g/mol. The van der Waals surface area contributed by atoms with Crippen molar-refractivity contribution in [3.05, 3.63) is 0 Å². The highest BCUT2D eigenvalue weighted by Crippen LogP contribution is 2.07.